The van der Waals surface area contributed by atoms with Crippen molar-refractivity contribution in [3.63, 3.8) is 0 Å². The molecule has 1 aliphatic rings. The first-order valence-electron chi connectivity index (χ1n) is 6.63. The normalized spacial score (nSPS) is 24.6. The molecule has 5 N–H and O–H groups in total. The van der Waals surface area contributed by atoms with Crippen LogP contribution in [0.1, 0.15) is 52.4 Å². The highest BCUT2D eigenvalue weighted by atomic mass is 16.2. The summed E-state index contributed by atoms with van der Waals surface area (Å²) in [6.45, 7) is 3.62. The molecule has 5 heteroatoms. The highest BCUT2D eigenvalue weighted by molar-refractivity contribution is 5.79. The lowest BCUT2D eigenvalue weighted by Crippen LogP contribution is -2.46. The standard InChI is InChI=1S/C13H25N3O2/c1-13(2,8-11(15)17)16-12(18)7-9-3-5-10(14)6-4-9/h9-10H,3-8,14H2,1-2H3,(H2,15,17)(H,16,18). The molecule has 0 aromatic heterocycles. The van der Waals surface area contributed by atoms with Crippen molar-refractivity contribution in [3.8, 4) is 0 Å². The van der Waals surface area contributed by atoms with Crippen LogP contribution in [0.15, 0.2) is 0 Å². The molecule has 0 heterocycles. The Balaban J connectivity index is 2.35. The molecule has 0 aromatic rings. The number of amides is 2. The van der Waals surface area contributed by atoms with E-state index in [1.54, 1.807) is 0 Å². The minimum Gasteiger partial charge on any atom is -0.370 e. The van der Waals surface area contributed by atoms with E-state index in [0.717, 1.165) is 25.7 Å². The van der Waals surface area contributed by atoms with Crippen molar-refractivity contribution in [1.29, 1.82) is 0 Å². The molecule has 0 aliphatic heterocycles. The Labute approximate surface area is 109 Å². The van der Waals surface area contributed by atoms with Crippen molar-refractivity contribution in [2.45, 2.75) is 64.0 Å². The van der Waals surface area contributed by atoms with Gasteiger partial charge in [0.05, 0.1) is 0 Å². The zero-order valence-electron chi connectivity index (χ0n) is 11.4. The average Bonchev–Trinajstić information content (AvgIpc) is 2.18. The summed E-state index contributed by atoms with van der Waals surface area (Å²) >= 11 is 0. The maximum atomic E-state index is 11.9. The smallest absolute Gasteiger partial charge is 0.220 e. The van der Waals surface area contributed by atoms with Gasteiger partial charge in [0, 0.05) is 24.4 Å². The predicted molar refractivity (Wildman–Crippen MR) is 70.6 cm³/mol. The lowest BCUT2D eigenvalue weighted by molar-refractivity contribution is -0.124. The van der Waals surface area contributed by atoms with Crippen molar-refractivity contribution in [1.82, 2.24) is 5.32 Å². The first-order valence-corrected chi connectivity index (χ1v) is 6.63. The van der Waals surface area contributed by atoms with E-state index in [1.165, 1.54) is 0 Å². The van der Waals surface area contributed by atoms with Gasteiger partial charge in [0.2, 0.25) is 11.8 Å². The zero-order chi connectivity index (χ0) is 13.8. The van der Waals surface area contributed by atoms with E-state index in [2.05, 4.69) is 5.32 Å². The fourth-order valence-electron chi connectivity index (χ4n) is 2.56. The predicted octanol–water partition coefficient (Wildman–Crippen LogP) is 0.664. The maximum Gasteiger partial charge on any atom is 0.220 e. The van der Waals surface area contributed by atoms with E-state index in [4.69, 9.17) is 11.5 Å². The van der Waals surface area contributed by atoms with Crippen LogP contribution < -0.4 is 16.8 Å². The van der Waals surface area contributed by atoms with Gasteiger partial charge in [0.25, 0.3) is 0 Å². The molecule has 0 saturated heterocycles. The molecule has 2 amide bonds. The van der Waals surface area contributed by atoms with E-state index < -0.39 is 11.4 Å². The Morgan fingerprint density at radius 3 is 2.28 bits per heavy atom. The number of carbonyl (C=O) groups excluding carboxylic acids is 2. The fourth-order valence-corrected chi connectivity index (χ4v) is 2.56. The molecule has 0 bridgehead atoms. The molecule has 18 heavy (non-hydrogen) atoms. The van der Waals surface area contributed by atoms with Gasteiger partial charge in [0.15, 0.2) is 0 Å². The number of primary amides is 1. The van der Waals surface area contributed by atoms with Crippen LogP contribution in [0.3, 0.4) is 0 Å². The van der Waals surface area contributed by atoms with Crippen LogP contribution in [0.2, 0.25) is 0 Å². The minimum atomic E-state index is -0.562. The molecular formula is C13H25N3O2. The Morgan fingerprint density at radius 1 is 1.22 bits per heavy atom. The van der Waals surface area contributed by atoms with E-state index in [1.807, 2.05) is 13.8 Å². The number of carbonyl (C=O) groups is 2. The molecule has 1 aliphatic carbocycles. The van der Waals surface area contributed by atoms with E-state index in [9.17, 15) is 9.59 Å². The summed E-state index contributed by atoms with van der Waals surface area (Å²) in [4.78, 5) is 22.8. The molecule has 1 saturated carbocycles. The van der Waals surface area contributed by atoms with Crippen LogP contribution in [0, 0.1) is 5.92 Å². The Morgan fingerprint density at radius 2 is 1.78 bits per heavy atom. The molecule has 1 rings (SSSR count). The van der Waals surface area contributed by atoms with Crippen LogP contribution >= 0.6 is 0 Å². The molecule has 0 atom stereocenters. The summed E-state index contributed by atoms with van der Waals surface area (Å²) in [6, 6.07) is 0.301. The molecule has 0 unspecified atom stereocenters. The largest absolute Gasteiger partial charge is 0.370 e. The molecule has 0 aromatic carbocycles. The fraction of sp³-hybridized carbons (Fsp3) is 0.846. The lowest BCUT2D eigenvalue weighted by atomic mass is 9.84. The van der Waals surface area contributed by atoms with E-state index in [-0.39, 0.29) is 12.3 Å². The Hall–Kier alpha value is -1.10. The topological polar surface area (TPSA) is 98.2 Å². The Bertz CT molecular complexity index is 307. The minimum absolute atomic E-state index is 0.00159. The average molecular weight is 255 g/mol. The first kappa shape index (κ1) is 15.0. The van der Waals surface area contributed by atoms with Crippen molar-refractivity contribution < 1.29 is 9.59 Å². The summed E-state index contributed by atoms with van der Waals surface area (Å²) < 4.78 is 0. The van der Waals surface area contributed by atoms with Crippen molar-refractivity contribution >= 4 is 11.8 Å². The van der Waals surface area contributed by atoms with Gasteiger partial charge in [-0.3, -0.25) is 9.59 Å². The maximum absolute atomic E-state index is 11.9. The molecule has 5 nitrogen and oxygen atoms in total. The summed E-state index contributed by atoms with van der Waals surface area (Å²) in [5.74, 6) is 0.0276. The van der Waals surface area contributed by atoms with Gasteiger partial charge in [-0.05, 0) is 45.4 Å². The number of hydrogen-bond acceptors (Lipinski definition) is 3. The first-order chi connectivity index (χ1) is 8.28. The van der Waals surface area contributed by atoms with Crippen molar-refractivity contribution in [3.05, 3.63) is 0 Å². The van der Waals surface area contributed by atoms with Gasteiger partial charge in [-0.15, -0.1) is 0 Å². The lowest BCUT2D eigenvalue weighted by Gasteiger charge is -2.28. The molecule has 104 valence electrons. The SMILES string of the molecule is CC(C)(CC(N)=O)NC(=O)CC1CCC(N)CC1. The second-order valence-electron chi connectivity index (χ2n) is 6.06. The van der Waals surface area contributed by atoms with Crippen molar-refractivity contribution in [2.24, 2.45) is 17.4 Å². The summed E-state index contributed by atoms with van der Waals surface area (Å²) in [7, 11) is 0. The van der Waals surface area contributed by atoms with E-state index in [0.29, 0.717) is 18.4 Å². The van der Waals surface area contributed by atoms with Gasteiger partial charge < -0.3 is 16.8 Å². The van der Waals surface area contributed by atoms with Crippen LogP contribution in [-0.4, -0.2) is 23.4 Å². The summed E-state index contributed by atoms with van der Waals surface area (Å²) in [6.07, 6.45) is 4.73. The molecule has 0 radical (unpaired) electrons. The van der Waals surface area contributed by atoms with Gasteiger partial charge >= 0.3 is 0 Å². The number of nitrogens with two attached hydrogens (primary N) is 2. The molecular weight excluding hydrogens is 230 g/mol. The zero-order valence-corrected chi connectivity index (χ0v) is 11.4. The van der Waals surface area contributed by atoms with Gasteiger partial charge in [-0.25, -0.2) is 0 Å². The van der Waals surface area contributed by atoms with Gasteiger partial charge in [0.1, 0.15) is 0 Å². The van der Waals surface area contributed by atoms with Crippen LogP contribution in [0.5, 0.6) is 0 Å². The second kappa shape index (κ2) is 6.18. The van der Waals surface area contributed by atoms with Crippen LogP contribution in [0.4, 0.5) is 0 Å². The van der Waals surface area contributed by atoms with Gasteiger partial charge in [-0.2, -0.15) is 0 Å². The monoisotopic (exact) mass is 255 g/mol. The third-order valence-corrected chi connectivity index (χ3v) is 3.46. The van der Waals surface area contributed by atoms with Crippen LogP contribution in [0.25, 0.3) is 0 Å². The third-order valence-electron chi connectivity index (χ3n) is 3.46. The molecule has 1 fully saturated rings. The third kappa shape index (κ3) is 5.49. The number of nitrogens with one attached hydrogen (secondary N) is 1. The second-order valence-corrected chi connectivity index (χ2v) is 6.06. The van der Waals surface area contributed by atoms with Gasteiger partial charge in [-0.1, -0.05) is 0 Å². The quantitative estimate of drug-likeness (QED) is 0.673. The highest BCUT2D eigenvalue weighted by Crippen LogP contribution is 2.26. The van der Waals surface area contributed by atoms with Crippen molar-refractivity contribution in [2.75, 3.05) is 0 Å². The molecule has 0 spiro atoms. The van der Waals surface area contributed by atoms with E-state index >= 15 is 0 Å². The Kier molecular flexibility index (Phi) is 5.14. The summed E-state index contributed by atoms with van der Waals surface area (Å²) in [5, 5.41) is 2.88. The summed E-state index contributed by atoms with van der Waals surface area (Å²) in [5.41, 5.74) is 10.4. The highest BCUT2D eigenvalue weighted by Gasteiger charge is 2.26. The number of hydrogen-bond donors (Lipinski definition) is 3. The van der Waals surface area contributed by atoms with Crippen LogP contribution in [-0.2, 0) is 9.59 Å². The number of rotatable bonds is 5.